The number of nitrogens with zero attached hydrogens (tertiary/aromatic N) is 1. The van der Waals surface area contributed by atoms with Gasteiger partial charge in [-0.15, -0.1) is 0 Å². The van der Waals surface area contributed by atoms with Gasteiger partial charge in [0.05, 0.1) is 23.0 Å². The number of aromatic nitrogens is 1. The second-order valence-corrected chi connectivity index (χ2v) is 8.41. The highest BCUT2D eigenvalue weighted by Gasteiger charge is 2.32. The third-order valence-corrected chi connectivity index (χ3v) is 4.78. The van der Waals surface area contributed by atoms with Gasteiger partial charge >= 0.3 is 18.2 Å². The lowest BCUT2D eigenvalue weighted by Gasteiger charge is -2.15. The second kappa shape index (κ2) is 8.00. The molecule has 0 bridgehead atoms. The zero-order chi connectivity index (χ0) is 23.8. The third kappa shape index (κ3) is 4.88. The van der Waals surface area contributed by atoms with Gasteiger partial charge in [-0.05, 0) is 30.3 Å². The summed E-state index contributed by atoms with van der Waals surface area (Å²) in [5.41, 5.74) is -3.65. The fraction of sp³-hybridized carbons (Fsp3) is 0.105. The van der Waals surface area contributed by atoms with Crippen molar-refractivity contribution in [2.45, 2.75) is 6.18 Å². The Balaban J connectivity index is 2.12. The topological polar surface area (TPSA) is 135 Å². The summed E-state index contributed by atoms with van der Waals surface area (Å²) in [6.07, 6.45) is -3.35. The van der Waals surface area contributed by atoms with Crippen molar-refractivity contribution in [2.24, 2.45) is 0 Å². The summed E-state index contributed by atoms with van der Waals surface area (Å²) in [5.74, 6) is -1.60. The first-order valence-electron chi connectivity index (χ1n) is 8.65. The SMILES string of the molecule is CS(=O)(=O)Nc1cc(NC(=O)n2cc(C(=O)O)c(=O)c3ccccc32)cc(C(F)(F)F)c1. The number of carboxylic acids is 1. The van der Waals surface area contributed by atoms with Crippen LogP contribution in [0, 0.1) is 0 Å². The predicted octanol–water partition coefficient (Wildman–Crippen LogP) is 3.17. The Morgan fingerprint density at radius 2 is 1.69 bits per heavy atom. The number of carbonyl (C=O) groups excluding carboxylic acids is 1. The van der Waals surface area contributed by atoms with Crippen LogP contribution in [0.25, 0.3) is 10.9 Å². The summed E-state index contributed by atoms with van der Waals surface area (Å²) in [6.45, 7) is 0. The van der Waals surface area contributed by atoms with Gasteiger partial charge in [-0.3, -0.25) is 14.1 Å². The molecule has 0 saturated carbocycles. The average molecular weight is 469 g/mol. The van der Waals surface area contributed by atoms with Gasteiger partial charge < -0.3 is 10.4 Å². The molecular weight excluding hydrogens is 455 g/mol. The Morgan fingerprint density at radius 3 is 2.28 bits per heavy atom. The number of carboxylic acid groups (broad SMARTS) is 1. The number of hydrogen-bond donors (Lipinski definition) is 3. The van der Waals surface area contributed by atoms with Crippen LogP contribution in [0.3, 0.4) is 0 Å². The quantitative estimate of drug-likeness (QED) is 0.537. The summed E-state index contributed by atoms with van der Waals surface area (Å²) in [6, 6.07) is 6.59. The van der Waals surface area contributed by atoms with E-state index in [1.165, 1.54) is 24.3 Å². The summed E-state index contributed by atoms with van der Waals surface area (Å²) >= 11 is 0. The van der Waals surface area contributed by atoms with Crippen LogP contribution >= 0.6 is 0 Å². The molecule has 0 fully saturated rings. The number of carbonyl (C=O) groups is 2. The fourth-order valence-electron chi connectivity index (χ4n) is 2.92. The molecule has 0 atom stereocenters. The van der Waals surface area contributed by atoms with Crippen LogP contribution < -0.4 is 15.5 Å². The van der Waals surface area contributed by atoms with E-state index in [0.29, 0.717) is 12.1 Å². The van der Waals surface area contributed by atoms with Gasteiger partial charge in [0.2, 0.25) is 15.5 Å². The zero-order valence-corrected chi connectivity index (χ0v) is 16.9. The molecule has 0 spiro atoms. The summed E-state index contributed by atoms with van der Waals surface area (Å²) in [7, 11) is -3.92. The van der Waals surface area contributed by atoms with Crippen LogP contribution in [0.5, 0.6) is 0 Å². The zero-order valence-electron chi connectivity index (χ0n) is 16.1. The molecule has 0 unspecified atom stereocenters. The summed E-state index contributed by atoms with van der Waals surface area (Å²) in [4.78, 5) is 36.5. The minimum atomic E-state index is -4.85. The van der Waals surface area contributed by atoms with Crippen molar-refractivity contribution in [3.05, 3.63) is 70.0 Å². The van der Waals surface area contributed by atoms with Crippen LogP contribution in [0.15, 0.2) is 53.5 Å². The van der Waals surface area contributed by atoms with Gasteiger partial charge in [0.1, 0.15) is 5.56 Å². The fourth-order valence-corrected chi connectivity index (χ4v) is 3.46. The molecule has 3 rings (SSSR count). The van der Waals surface area contributed by atoms with Gasteiger partial charge in [-0.1, -0.05) is 12.1 Å². The predicted molar refractivity (Wildman–Crippen MR) is 109 cm³/mol. The van der Waals surface area contributed by atoms with Crippen LogP contribution in [0.4, 0.5) is 29.3 Å². The van der Waals surface area contributed by atoms with Crippen LogP contribution in [-0.2, 0) is 16.2 Å². The molecule has 9 nitrogen and oxygen atoms in total. The first-order valence-corrected chi connectivity index (χ1v) is 10.5. The first kappa shape index (κ1) is 22.8. The maximum absolute atomic E-state index is 13.2. The van der Waals surface area contributed by atoms with Crippen molar-refractivity contribution < 1.29 is 36.3 Å². The number of benzene rings is 2. The molecule has 0 radical (unpaired) electrons. The standard InChI is InChI=1S/C19H14F3N3O6S/c1-32(30,31)24-12-7-10(19(20,21)22)6-11(8-12)23-18(29)25-9-14(17(27)28)16(26)13-4-2-3-5-15(13)25/h2-9,24H,1H3,(H,23,29)(H,27,28). The number of nitrogens with one attached hydrogen (secondary N) is 2. The number of hydrogen-bond acceptors (Lipinski definition) is 5. The van der Waals surface area contributed by atoms with E-state index in [0.717, 1.165) is 23.1 Å². The molecule has 0 aliphatic carbocycles. The van der Waals surface area contributed by atoms with Gasteiger partial charge in [-0.2, -0.15) is 13.2 Å². The number of pyridine rings is 1. The van der Waals surface area contributed by atoms with E-state index in [2.05, 4.69) is 5.32 Å². The minimum absolute atomic E-state index is 0.0152. The van der Waals surface area contributed by atoms with E-state index < -0.39 is 56.1 Å². The molecule has 1 amide bonds. The molecule has 0 aliphatic heterocycles. The number of sulfonamides is 1. The molecule has 3 N–H and O–H groups in total. The number of halogens is 3. The van der Waals surface area contributed by atoms with E-state index in [1.54, 1.807) is 0 Å². The highest BCUT2D eigenvalue weighted by Crippen LogP contribution is 2.33. The first-order chi connectivity index (χ1) is 14.8. The van der Waals surface area contributed by atoms with E-state index in [1.807, 2.05) is 4.72 Å². The van der Waals surface area contributed by atoms with Crippen molar-refractivity contribution in [1.29, 1.82) is 0 Å². The molecule has 168 valence electrons. The van der Waals surface area contributed by atoms with E-state index in [4.69, 9.17) is 0 Å². The van der Waals surface area contributed by atoms with Gasteiger partial charge in [-0.25, -0.2) is 18.0 Å². The molecule has 1 heterocycles. The molecular formula is C19H14F3N3O6S. The monoisotopic (exact) mass is 469 g/mol. The lowest BCUT2D eigenvalue weighted by molar-refractivity contribution is -0.137. The summed E-state index contributed by atoms with van der Waals surface area (Å²) in [5, 5.41) is 11.3. The van der Waals surface area contributed by atoms with Crippen molar-refractivity contribution >= 4 is 44.3 Å². The number of fused-ring (bicyclic) bond motifs is 1. The molecule has 3 aromatic rings. The smallest absolute Gasteiger partial charge is 0.416 e. The van der Waals surface area contributed by atoms with E-state index >= 15 is 0 Å². The van der Waals surface area contributed by atoms with Gasteiger partial charge in [0, 0.05) is 17.3 Å². The average Bonchev–Trinajstić information content (AvgIpc) is 2.66. The van der Waals surface area contributed by atoms with Crippen molar-refractivity contribution in [2.75, 3.05) is 16.3 Å². The number of aromatic carboxylic acids is 1. The summed E-state index contributed by atoms with van der Waals surface area (Å²) < 4.78 is 65.2. The molecule has 0 aliphatic rings. The number of rotatable bonds is 4. The number of amides is 1. The maximum atomic E-state index is 13.2. The second-order valence-electron chi connectivity index (χ2n) is 6.67. The Hall–Kier alpha value is -3.87. The molecule has 2 aromatic carbocycles. The van der Waals surface area contributed by atoms with E-state index in [9.17, 15) is 41.1 Å². The Labute approximate surface area is 178 Å². The van der Waals surface area contributed by atoms with Gasteiger partial charge in [0.15, 0.2) is 0 Å². The lowest BCUT2D eigenvalue weighted by Crippen LogP contribution is -2.26. The van der Waals surface area contributed by atoms with Crippen LogP contribution in [0.1, 0.15) is 15.9 Å². The Morgan fingerprint density at radius 1 is 1.06 bits per heavy atom. The van der Waals surface area contributed by atoms with Crippen molar-refractivity contribution in [3.63, 3.8) is 0 Å². The molecule has 13 heteroatoms. The maximum Gasteiger partial charge on any atom is 0.416 e. The van der Waals surface area contributed by atoms with Crippen molar-refractivity contribution in [1.82, 2.24) is 4.57 Å². The highest BCUT2D eigenvalue weighted by molar-refractivity contribution is 7.92. The lowest BCUT2D eigenvalue weighted by atomic mass is 10.1. The number of para-hydroxylation sites is 1. The Bertz CT molecular complexity index is 1410. The van der Waals surface area contributed by atoms with Crippen LogP contribution in [-0.4, -0.2) is 36.3 Å². The Kier molecular flexibility index (Phi) is 5.70. The van der Waals surface area contributed by atoms with E-state index in [-0.39, 0.29) is 10.9 Å². The van der Waals surface area contributed by atoms with Gasteiger partial charge in [0.25, 0.3) is 0 Å². The highest BCUT2D eigenvalue weighted by atomic mass is 32.2. The minimum Gasteiger partial charge on any atom is -0.477 e. The molecule has 1 aromatic heterocycles. The normalized spacial score (nSPS) is 11.9. The number of anilines is 2. The largest absolute Gasteiger partial charge is 0.477 e. The van der Waals surface area contributed by atoms with Crippen LogP contribution in [0.2, 0.25) is 0 Å². The molecule has 32 heavy (non-hydrogen) atoms. The molecule has 0 saturated heterocycles. The number of alkyl halides is 3. The van der Waals surface area contributed by atoms with Crippen molar-refractivity contribution in [3.8, 4) is 0 Å². The third-order valence-electron chi connectivity index (χ3n) is 4.18.